The van der Waals surface area contributed by atoms with E-state index in [-0.39, 0.29) is 6.10 Å². The highest BCUT2D eigenvalue weighted by Gasteiger charge is 2.38. The van der Waals surface area contributed by atoms with E-state index in [1.165, 1.54) is 5.56 Å². The van der Waals surface area contributed by atoms with Gasteiger partial charge in [-0.3, -0.25) is 14.9 Å². The van der Waals surface area contributed by atoms with Crippen LogP contribution in [0.25, 0.3) is 0 Å². The number of carbonyl (C=O) groups is 1. The summed E-state index contributed by atoms with van der Waals surface area (Å²) in [6.45, 7) is 1.71. The van der Waals surface area contributed by atoms with Crippen LogP contribution in [0.3, 0.4) is 0 Å². The molecule has 0 spiro atoms. The summed E-state index contributed by atoms with van der Waals surface area (Å²) in [6.07, 6.45) is 2.24. The van der Waals surface area contributed by atoms with Gasteiger partial charge in [0, 0.05) is 43.1 Å². The molecule has 0 radical (unpaired) electrons. The maximum absolute atomic E-state index is 11.6. The summed E-state index contributed by atoms with van der Waals surface area (Å²) in [5, 5.41) is 8.81. The second kappa shape index (κ2) is 6.26. The molecule has 0 atom stereocenters. The summed E-state index contributed by atoms with van der Waals surface area (Å²) in [5.41, 5.74) is 4.46. The second-order valence-electron chi connectivity index (χ2n) is 6.52. The van der Waals surface area contributed by atoms with Crippen LogP contribution in [-0.2, 0) is 13.1 Å². The van der Waals surface area contributed by atoms with Crippen LogP contribution in [0.2, 0.25) is 0 Å². The number of hydrogen-bond acceptors (Lipinski definition) is 4. The highest BCUT2D eigenvalue weighted by Crippen LogP contribution is 2.37. The van der Waals surface area contributed by atoms with Gasteiger partial charge in [0.15, 0.2) is 0 Å². The van der Waals surface area contributed by atoms with Crippen LogP contribution in [-0.4, -0.2) is 28.2 Å². The lowest BCUT2D eigenvalue weighted by molar-refractivity contribution is -0.00434. The molecule has 2 bridgehead atoms. The Morgan fingerprint density at radius 1 is 1.21 bits per heavy atom. The molecule has 1 amide bonds. The van der Waals surface area contributed by atoms with E-state index in [9.17, 15) is 4.79 Å². The van der Waals surface area contributed by atoms with Crippen molar-refractivity contribution in [3.63, 3.8) is 0 Å². The van der Waals surface area contributed by atoms with Gasteiger partial charge in [0.05, 0.1) is 0 Å². The molecule has 1 saturated carbocycles. The minimum absolute atomic E-state index is 0.208. The van der Waals surface area contributed by atoms with Gasteiger partial charge >= 0.3 is 0 Å². The molecule has 0 unspecified atom stereocenters. The second-order valence-corrected chi connectivity index (χ2v) is 6.52. The molecule has 2 heterocycles. The fraction of sp³-hybridized carbons (Fsp3) is 0.316. The Morgan fingerprint density at radius 3 is 2.75 bits per heavy atom. The standard InChI is InChI=1S/C19H20N2O3/c22-19(20-23)14-6-7-15-12-21(11-13-4-2-1-3-5-13)16-9-17(10-16)24-18(15)8-14/h1-8,16-17,23H,9-12H2,(H,20,22). The molecule has 2 N–H and O–H groups in total. The molecule has 3 aliphatic rings. The number of carbonyl (C=O) groups excluding carboxylic acids is 1. The molecule has 2 aliphatic heterocycles. The zero-order valence-electron chi connectivity index (χ0n) is 13.3. The van der Waals surface area contributed by atoms with E-state index in [0.29, 0.717) is 11.6 Å². The van der Waals surface area contributed by atoms with Gasteiger partial charge < -0.3 is 4.74 Å². The summed E-state index contributed by atoms with van der Waals surface area (Å²) in [5.74, 6) is 0.230. The molecular formula is C19H20N2O3. The van der Waals surface area contributed by atoms with Crippen molar-refractivity contribution >= 4 is 5.91 Å². The first-order valence-electron chi connectivity index (χ1n) is 8.25. The van der Waals surface area contributed by atoms with Crippen molar-refractivity contribution in [1.82, 2.24) is 10.4 Å². The lowest BCUT2D eigenvalue weighted by Crippen LogP contribution is -2.50. The van der Waals surface area contributed by atoms with Crippen molar-refractivity contribution in [3.8, 4) is 5.75 Å². The molecule has 0 aromatic heterocycles. The third-order valence-corrected chi connectivity index (χ3v) is 4.91. The van der Waals surface area contributed by atoms with Crippen LogP contribution in [0.1, 0.15) is 34.3 Å². The lowest BCUT2D eigenvalue weighted by Gasteiger charge is -2.45. The average molecular weight is 324 g/mol. The molecule has 2 aromatic carbocycles. The highest BCUT2D eigenvalue weighted by atomic mass is 16.5. The van der Waals surface area contributed by atoms with Gasteiger partial charge in [-0.15, -0.1) is 0 Å². The molecule has 0 saturated heterocycles. The van der Waals surface area contributed by atoms with Crippen LogP contribution in [0.5, 0.6) is 5.75 Å². The van der Waals surface area contributed by atoms with Crippen molar-refractivity contribution in [3.05, 3.63) is 65.2 Å². The van der Waals surface area contributed by atoms with E-state index in [0.717, 1.165) is 37.2 Å². The van der Waals surface area contributed by atoms with E-state index in [1.807, 2.05) is 12.1 Å². The number of amides is 1. The minimum Gasteiger partial charge on any atom is -0.490 e. The number of rotatable bonds is 3. The molecule has 1 aliphatic carbocycles. The van der Waals surface area contributed by atoms with E-state index < -0.39 is 5.91 Å². The summed E-state index contributed by atoms with van der Waals surface area (Å²) in [7, 11) is 0. The van der Waals surface area contributed by atoms with Crippen LogP contribution < -0.4 is 10.2 Å². The minimum atomic E-state index is -0.518. The Labute approximate surface area is 140 Å². The summed E-state index contributed by atoms with van der Waals surface area (Å²) in [6, 6.07) is 16.4. The molecule has 5 nitrogen and oxygen atoms in total. The first kappa shape index (κ1) is 15.2. The van der Waals surface area contributed by atoms with Crippen molar-refractivity contribution in [2.24, 2.45) is 0 Å². The zero-order valence-corrected chi connectivity index (χ0v) is 13.3. The maximum Gasteiger partial charge on any atom is 0.274 e. The maximum atomic E-state index is 11.6. The smallest absolute Gasteiger partial charge is 0.274 e. The number of hydrogen-bond donors (Lipinski definition) is 2. The number of benzene rings is 2. The molecular weight excluding hydrogens is 304 g/mol. The van der Waals surface area contributed by atoms with Gasteiger partial charge in [-0.2, -0.15) is 0 Å². The topological polar surface area (TPSA) is 61.8 Å². The quantitative estimate of drug-likeness (QED) is 0.673. The number of fused-ring (bicyclic) bond motifs is 1. The molecule has 1 fully saturated rings. The van der Waals surface area contributed by atoms with Crippen LogP contribution in [0.15, 0.2) is 48.5 Å². The fourth-order valence-electron chi connectivity index (χ4n) is 3.46. The molecule has 5 rings (SSSR count). The van der Waals surface area contributed by atoms with Gasteiger partial charge in [0.2, 0.25) is 0 Å². The summed E-state index contributed by atoms with van der Waals surface area (Å²) < 4.78 is 6.05. The van der Waals surface area contributed by atoms with E-state index >= 15 is 0 Å². The third kappa shape index (κ3) is 2.88. The molecule has 24 heavy (non-hydrogen) atoms. The van der Waals surface area contributed by atoms with Gasteiger partial charge in [-0.1, -0.05) is 36.4 Å². The van der Waals surface area contributed by atoms with Gasteiger partial charge in [0.1, 0.15) is 11.9 Å². The number of hydroxylamine groups is 1. The lowest BCUT2D eigenvalue weighted by atomic mass is 9.86. The van der Waals surface area contributed by atoms with Crippen molar-refractivity contribution in [2.75, 3.05) is 0 Å². The fourth-order valence-corrected chi connectivity index (χ4v) is 3.46. The molecule has 2 aromatic rings. The Hall–Kier alpha value is -2.37. The van der Waals surface area contributed by atoms with E-state index in [1.54, 1.807) is 17.6 Å². The number of nitrogens with one attached hydrogen (secondary N) is 1. The van der Waals surface area contributed by atoms with Crippen molar-refractivity contribution < 1.29 is 14.7 Å². The zero-order chi connectivity index (χ0) is 16.5. The normalized spacial score (nSPS) is 22.4. The van der Waals surface area contributed by atoms with Gasteiger partial charge in [-0.05, 0) is 17.7 Å². The van der Waals surface area contributed by atoms with Crippen LogP contribution in [0.4, 0.5) is 0 Å². The Morgan fingerprint density at radius 2 is 2.00 bits per heavy atom. The molecule has 124 valence electrons. The SMILES string of the molecule is O=C(NO)c1ccc2c(c1)OC1CC(C1)N(Cc1ccccc1)C2. The average Bonchev–Trinajstić information content (AvgIpc) is 2.56. The van der Waals surface area contributed by atoms with Crippen molar-refractivity contribution in [1.29, 1.82) is 0 Å². The number of nitrogens with zero attached hydrogens (tertiary/aromatic N) is 1. The van der Waals surface area contributed by atoms with Crippen LogP contribution >= 0.6 is 0 Å². The number of ether oxygens (including phenoxy) is 1. The monoisotopic (exact) mass is 324 g/mol. The van der Waals surface area contributed by atoms with E-state index in [2.05, 4.69) is 29.2 Å². The predicted octanol–water partition coefficient (Wildman–Crippen LogP) is 2.73. The summed E-state index contributed by atoms with van der Waals surface area (Å²) in [4.78, 5) is 14.1. The first-order chi connectivity index (χ1) is 11.7. The summed E-state index contributed by atoms with van der Waals surface area (Å²) >= 11 is 0. The Balaban J connectivity index is 1.61. The van der Waals surface area contributed by atoms with Gasteiger partial charge in [0.25, 0.3) is 5.91 Å². The Bertz CT molecular complexity index is 742. The van der Waals surface area contributed by atoms with Crippen molar-refractivity contribution in [2.45, 2.75) is 38.1 Å². The van der Waals surface area contributed by atoms with Crippen LogP contribution in [0, 0.1) is 0 Å². The Kier molecular flexibility index (Phi) is 3.96. The third-order valence-electron chi connectivity index (χ3n) is 4.91. The van der Waals surface area contributed by atoms with E-state index in [4.69, 9.17) is 9.94 Å². The van der Waals surface area contributed by atoms with Gasteiger partial charge in [-0.25, -0.2) is 5.48 Å². The predicted molar refractivity (Wildman–Crippen MR) is 88.8 cm³/mol. The highest BCUT2D eigenvalue weighted by molar-refractivity contribution is 5.93. The first-order valence-corrected chi connectivity index (χ1v) is 8.25. The largest absolute Gasteiger partial charge is 0.490 e. The molecule has 5 heteroatoms.